The third kappa shape index (κ3) is 2.53. The molecule has 0 heterocycles. The van der Waals surface area contributed by atoms with Crippen LogP contribution in [0.5, 0.6) is 5.75 Å². The number of hydrogen-bond acceptors (Lipinski definition) is 4. The highest BCUT2D eigenvalue weighted by Crippen LogP contribution is 2.34. The number of phenolic OH excluding ortho intramolecular Hbond substituents is 1. The third-order valence-corrected chi connectivity index (χ3v) is 1.79. The van der Waals surface area contributed by atoms with Crippen molar-refractivity contribution in [1.29, 1.82) is 0 Å². The van der Waals surface area contributed by atoms with E-state index in [0.29, 0.717) is 5.56 Å². The Morgan fingerprint density at radius 1 is 1.67 bits per heavy atom. The van der Waals surface area contributed by atoms with E-state index in [2.05, 4.69) is 17.5 Å². The first-order chi connectivity index (χ1) is 6.91. The number of phenols is 1. The molecule has 0 unspecified atom stereocenters. The van der Waals surface area contributed by atoms with E-state index in [-0.39, 0.29) is 16.5 Å². The van der Waals surface area contributed by atoms with Crippen LogP contribution in [-0.4, -0.2) is 15.1 Å². The largest absolute Gasteiger partial charge is 0.501 e. The molecule has 0 saturated carbocycles. The standard InChI is InChI=1S/C8H9N3O3S/c1-4-2-5(10-8(9)15)7(12)6(3-4)11(13)14/h2-3,12H,1H3,(H3,9,10,15). The van der Waals surface area contributed by atoms with Crippen LogP contribution in [0.3, 0.4) is 0 Å². The summed E-state index contributed by atoms with van der Waals surface area (Å²) in [7, 11) is 0. The van der Waals surface area contributed by atoms with Gasteiger partial charge in [0, 0.05) is 6.07 Å². The van der Waals surface area contributed by atoms with Gasteiger partial charge in [0.25, 0.3) is 0 Å². The summed E-state index contributed by atoms with van der Waals surface area (Å²) in [5.41, 5.74) is 5.59. The minimum Gasteiger partial charge on any atom is -0.501 e. The highest BCUT2D eigenvalue weighted by atomic mass is 32.1. The first-order valence-electron chi connectivity index (χ1n) is 3.96. The number of hydrogen-bond donors (Lipinski definition) is 3. The number of thiocarbonyl (C=S) groups is 1. The Hall–Kier alpha value is -1.89. The molecule has 0 amide bonds. The second kappa shape index (κ2) is 4.09. The molecule has 0 aliphatic heterocycles. The van der Waals surface area contributed by atoms with Gasteiger partial charge in [0.15, 0.2) is 5.11 Å². The molecule has 6 nitrogen and oxygen atoms in total. The average molecular weight is 227 g/mol. The quantitative estimate of drug-likeness (QED) is 0.304. The van der Waals surface area contributed by atoms with Crippen molar-refractivity contribution in [3.63, 3.8) is 0 Å². The first-order valence-corrected chi connectivity index (χ1v) is 4.37. The van der Waals surface area contributed by atoms with Crippen molar-refractivity contribution in [2.75, 3.05) is 5.32 Å². The van der Waals surface area contributed by atoms with Gasteiger partial charge in [0.1, 0.15) is 0 Å². The lowest BCUT2D eigenvalue weighted by atomic mass is 10.2. The zero-order valence-electron chi connectivity index (χ0n) is 7.85. The van der Waals surface area contributed by atoms with E-state index in [1.54, 1.807) is 6.92 Å². The molecule has 0 bridgehead atoms. The van der Waals surface area contributed by atoms with Crippen LogP contribution >= 0.6 is 12.2 Å². The second-order valence-corrected chi connectivity index (χ2v) is 3.37. The minimum atomic E-state index is -0.674. The monoisotopic (exact) mass is 227 g/mol. The topological polar surface area (TPSA) is 101 Å². The summed E-state index contributed by atoms with van der Waals surface area (Å²) in [5, 5.41) is 22.5. The van der Waals surface area contributed by atoms with Gasteiger partial charge in [-0.2, -0.15) is 0 Å². The van der Waals surface area contributed by atoms with E-state index in [0.717, 1.165) is 0 Å². The van der Waals surface area contributed by atoms with Crippen molar-refractivity contribution in [2.24, 2.45) is 5.73 Å². The van der Waals surface area contributed by atoms with Crippen LogP contribution in [0.25, 0.3) is 0 Å². The van der Waals surface area contributed by atoms with Gasteiger partial charge in [-0.15, -0.1) is 0 Å². The van der Waals surface area contributed by atoms with Crippen LogP contribution in [0.15, 0.2) is 12.1 Å². The van der Waals surface area contributed by atoms with E-state index < -0.39 is 10.7 Å². The Balaban J connectivity index is 3.28. The molecule has 0 aliphatic carbocycles. The molecular weight excluding hydrogens is 218 g/mol. The highest BCUT2D eigenvalue weighted by molar-refractivity contribution is 7.80. The van der Waals surface area contributed by atoms with E-state index in [1.165, 1.54) is 12.1 Å². The van der Waals surface area contributed by atoms with Crippen LogP contribution in [-0.2, 0) is 0 Å². The van der Waals surface area contributed by atoms with Gasteiger partial charge in [-0.25, -0.2) is 0 Å². The maximum Gasteiger partial charge on any atom is 0.313 e. The molecule has 0 aliphatic rings. The molecule has 7 heteroatoms. The van der Waals surface area contributed by atoms with E-state index in [1.807, 2.05) is 0 Å². The predicted octanol–water partition coefficient (Wildman–Crippen LogP) is 1.26. The number of nitrogens with zero attached hydrogens (tertiary/aromatic N) is 1. The molecule has 0 aromatic heterocycles. The number of nitrogens with two attached hydrogens (primary N) is 1. The number of nitro groups is 1. The zero-order chi connectivity index (χ0) is 11.6. The number of benzene rings is 1. The van der Waals surface area contributed by atoms with Crippen LogP contribution in [0.2, 0.25) is 0 Å². The van der Waals surface area contributed by atoms with E-state index in [9.17, 15) is 15.2 Å². The van der Waals surface area contributed by atoms with Gasteiger partial charge in [0.2, 0.25) is 5.75 Å². The maximum atomic E-state index is 10.6. The lowest BCUT2D eigenvalue weighted by Gasteiger charge is -2.07. The van der Waals surface area contributed by atoms with Gasteiger partial charge in [0.05, 0.1) is 10.6 Å². The number of nitrogens with one attached hydrogen (secondary N) is 1. The number of nitro benzene ring substituents is 1. The van der Waals surface area contributed by atoms with Gasteiger partial charge in [-0.1, -0.05) is 0 Å². The Bertz CT molecular complexity index is 433. The lowest BCUT2D eigenvalue weighted by molar-refractivity contribution is -0.385. The van der Waals surface area contributed by atoms with Crippen LogP contribution < -0.4 is 11.1 Å². The van der Waals surface area contributed by atoms with Crippen LogP contribution in [0.1, 0.15) is 5.56 Å². The molecule has 0 atom stereocenters. The van der Waals surface area contributed by atoms with Gasteiger partial charge in [-0.3, -0.25) is 10.1 Å². The van der Waals surface area contributed by atoms with E-state index in [4.69, 9.17) is 5.73 Å². The lowest BCUT2D eigenvalue weighted by Crippen LogP contribution is -2.19. The Morgan fingerprint density at radius 2 is 2.27 bits per heavy atom. The number of rotatable bonds is 2. The maximum absolute atomic E-state index is 10.6. The Kier molecular flexibility index (Phi) is 3.05. The molecule has 1 rings (SSSR count). The number of aryl methyl sites for hydroxylation is 1. The molecule has 0 radical (unpaired) electrons. The van der Waals surface area contributed by atoms with Crippen LogP contribution in [0, 0.1) is 17.0 Å². The van der Waals surface area contributed by atoms with Crippen molar-refractivity contribution in [1.82, 2.24) is 0 Å². The van der Waals surface area contributed by atoms with Gasteiger partial charge >= 0.3 is 5.69 Å². The van der Waals surface area contributed by atoms with Crippen molar-refractivity contribution >= 4 is 28.7 Å². The summed E-state index contributed by atoms with van der Waals surface area (Å²) < 4.78 is 0. The molecule has 15 heavy (non-hydrogen) atoms. The molecule has 1 aromatic carbocycles. The smallest absolute Gasteiger partial charge is 0.313 e. The first kappa shape index (κ1) is 11.2. The summed E-state index contributed by atoms with van der Waals surface area (Å²) in [4.78, 5) is 9.89. The van der Waals surface area contributed by atoms with Crippen LogP contribution in [0.4, 0.5) is 11.4 Å². The summed E-state index contributed by atoms with van der Waals surface area (Å²) in [6, 6.07) is 2.78. The summed E-state index contributed by atoms with van der Waals surface area (Å²) in [6.07, 6.45) is 0. The predicted molar refractivity (Wildman–Crippen MR) is 59.9 cm³/mol. The zero-order valence-corrected chi connectivity index (χ0v) is 8.67. The fourth-order valence-electron chi connectivity index (χ4n) is 1.13. The van der Waals surface area contributed by atoms with Gasteiger partial charge < -0.3 is 16.2 Å². The van der Waals surface area contributed by atoms with Gasteiger partial charge in [-0.05, 0) is 30.8 Å². The Morgan fingerprint density at radius 3 is 2.73 bits per heavy atom. The number of aromatic hydroxyl groups is 1. The molecule has 0 fully saturated rings. The molecule has 80 valence electrons. The normalized spacial score (nSPS) is 9.67. The summed E-state index contributed by atoms with van der Waals surface area (Å²) >= 11 is 4.58. The Labute approximate surface area is 90.9 Å². The molecule has 4 N–H and O–H groups in total. The third-order valence-electron chi connectivity index (χ3n) is 1.69. The molecule has 1 aromatic rings. The fourth-order valence-corrected chi connectivity index (χ4v) is 1.24. The summed E-state index contributed by atoms with van der Waals surface area (Å²) in [6.45, 7) is 1.66. The fraction of sp³-hybridized carbons (Fsp3) is 0.125. The van der Waals surface area contributed by atoms with Crippen molar-refractivity contribution < 1.29 is 10.0 Å². The summed E-state index contributed by atoms with van der Waals surface area (Å²) in [5.74, 6) is -0.474. The van der Waals surface area contributed by atoms with E-state index >= 15 is 0 Å². The second-order valence-electron chi connectivity index (χ2n) is 2.93. The molecule has 0 spiro atoms. The average Bonchev–Trinajstić information content (AvgIpc) is 2.09. The van der Waals surface area contributed by atoms with Crippen molar-refractivity contribution in [3.05, 3.63) is 27.8 Å². The van der Waals surface area contributed by atoms with Crippen molar-refractivity contribution in [2.45, 2.75) is 6.92 Å². The van der Waals surface area contributed by atoms with Crippen molar-refractivity contribution in [3.8, 4) is 5.75 Å². The minimum absolute atomic E-state index is 0.0646. The molecule has 0 saturated heterocycles. The SMILES string of the molecule is Cc1cc(NC(N)=S)c(O)c([N+](=O)[O-])c1. The number of anilines is 1. The highest BCUT2D eigenvalue weighted by Gasteiger charge is 2.18. The molecular formula is C8H9N3O3S.